The molecule has 16 heavy (non-hydrogen) atoms. The highest BCUT2D eigenvalue weighted by molar-refractivity contribution is 7.99. The zero-order valence-corrected chi connectivity index (χ0v) is 10.0. The molecule has 1 N–H and O–H groups in total. The van der Waals surface area contributed by atoms with Gasteiger partial charge in [-0.3, -0.25) is 0 Å². The van der Waals surface area contributed by atoms with Gasteiger partial charge in [0.25, 0.3) is 0 Å². The van der Waals surface area contributed by atoms with E-state index in [0.29, 0.717) is 17.6 Å². The van der Waals surface area contributed by atoms with Crippen LogP contribution in [0.1, 0.15) is 17.1 Å². The fourth-order valence-corrected chi connectivity index (χ4v) is 3.39. The summed E-state index contributed by atoms with van der Waals surface area (Å²) in [5, 5.41) is 4.80. The first kappa shape index (κ1) is 12.2. The van der Waals surface area contributed by atoms with E-state index in [2.05, 4.69) is 10.3 Å². The van der Waals surface area contributed by atoms with E-state index in [9.17, 15) is 13.2 Å². The maximum absolute atomic E-state index is 12.3. The van der Waals surface area contributed by atoms with Crippen LogP contribution < -0.4 is 5.32 Å². The van der Waals surface area contributed by atoms with Gasteiger partial charge < -0.3 is 5.32 Å². The van der Waals surface area contributed by atoms with Gasteiger partial charge in [-0.1, -0.05) is 0 Å². The maximum atomic E-state index is 12.3. The highest BCUT2D eigenvalue weighted by Crippen LogP contribution is 2.30. The number of thioether (sulfide) groups is 1. The lowest BCUT2D eigenvalue weighted by molar-refractivity contribution is -0.140. The van der Waals surface area contributed by atoms with E-state index in [0.717, 1.165) is 34.6 Å². The minimum absolute atomic E-state index is 0.420. The Morgan fingerprint density at radius 2 is 2.31 bits per heavy atom. The Kier molecular flexibility index (Phi) is 3.76. The third kappa shape index (κ3) is 3.11. The van der Waals surface area contributed by atoms with E-state index in [1.807, 2.05) is 11.8 Å². The molecule has 1 fully saturated rings. The summed E-state index contributed by atoms with van der Waals surface area (Å²) in [6.07, 6.45) is -3.24. The Labute approximate surface area is 99.6 Å². The van der Waals surface area contributed by atoms with Crippen LogP contribution in [0, 0.1) is 0 Å². The first-order chi connectivity index (χ1) is 7.55. The number of halogens is 3. The van der Waals surface area contributed by atoms with Gasteiger partial charge in [0.2, 0.25) is 0 Å². The second kappa shape index (κ2) is 4.93. The topological polar surface area (TPSA) is 24.9 Å². The third-order valence-electron chi connectivity index (χ3n) is 2.31. The van der Waals surface area contributed by atoms with Crippen LogP contribution >= 0.6 is 23.1 Å². The minimum Gasteiger partial charge on any atom is -0.307 e. The molecule has 2 heterocycles. The second-order valence-corrected chi connectivity index (χ2v) is 5.66. The van der Waals surface area contributed by atoms with Crippen molar-refractivity contribution in [2.24, 2.45) is 0 Å². The van der Waals surface area contributed by atoms with Crippen molar-refractivity contribution in [3.05, 3.63) is 16.1 Å². The fraction of sp³-hybridized carbons (Fsp3) is 0.667. The molecule has 1 aliphatic heterocycles. The Balaban J connectivity index is 1.87. The molecule has 0 aliphatic carbocycles. The second-order valence-electron chi connectivity index (χ2n) is 3.57. The molecule has 2 nitrogen and oxygen atoms in total. The molecule has 0 radical (unpaired) electrons. The molecule has 0 spiro atoms. The van der Waals surface area contributed by atoms with Crippen LogP contribution in [0.25, 0.3) is 0 Å². The summed E-state index contributed by atoms with van der Waals surface area (Å²) in [6.45, 7) is 0.436. The standard InChI is InChI=1S/C9H11F3N2S2/c10-9(11,12)7-5-16-8(14-7)3-13-6-1-2-15-4-6/h5-6,13H,1-4H2. The average molecular weight is 268 g/mol. The van der Waals surface area contributed by atoms with Gasteiger partial charge in [0.1, 0.15) is 5.01 Å². The number of nitrogens with one attached hydrogen (secondary N) is 1. The van der Waals surface area contributed by atoms with Crippen molar-refractivity contribution < 1.29 is 13.2 Å². The third-order valence-corrected chi connectivity index (χ3v) is 4.33. The first-order valence-corrected chi connectivity index (χ1v) is 6.92. The zero-order chi connectivity index (χ0) is 11.6. The summed E-state index contributed by atoms with van der Waals surface area (Å²) in [5.74, 6) is 2.17. The number of alkyl halides is 3. The van der Waals surface area contributed by atoms with E-state index in [4.69, 9.17) is 0 Å². The highest BCUT2D eigenvalue weighted by atomic mass is 32.2. The summed E-state index contributed by atoms with van der Waals surface area (Å²) in [7, 11) is 0. The Hall–Kier alpha value is -0.270. The fourth-order valence-electron chi connectivity index (χ4n) is 1.45. The van der Waals surface area contributed by atoms with Crippen LogP contribution in [0.2, 0.25) is 0 Å². The molecule has 0 amide bonds. The smallest absolute Gasteiger partial charge is 0.307 e. The molecule has 1 saturated heterocycles. The summed E-state index contributed by atoms with van der Waals surface area (Å²) in [4.78, 5) is 3.57. The van der Waals surface area contributed by atoms with E-state index in [-0.39, 0.29) is 0 Å². The molecule has 7 heteroatoms. The molecule has 0 aromatic carbocycles. The largest absolute Gasteiger partial charge is 0.434 e. The van der Waals surface area contributed by atoms with Gasteiger partial charge in [0, 0.05) is 23.7 Å². The van der Waals surface area contributed by atoms with Crippen molar-refractivity contribution in [3.63, 3.8) is 0 Å². The van der Waals surface area contributed by atoms with Gasteiger partial charge >= 0.3 is 6.18 Å². The molecule has 90 valence electrons. The Morgan fingerprint density at radius 3 is 2.88 bits per heavy atom. The molecule has 0 bridgehead atoms. The SMILES string of the molecule is FC(F)(F)c1csc(CNC2CCSC2)n1. The molecule has 1 aromatic heterocycles. The van der Waals surface area contributed by atoms with Crippen LogP contribution in [0.15, 0.2) is 5.38 Å². The quantitative estimate of drug-likeness (QED) is 0.912. The zero-order valence-electron chi connectivity index (χ0n) is 8.38. The van der Waals surface area contributed by atoms with E-state index < -0.39 is 11.9 Å². The summed E-state index contributed by atoms with van der Waals surface area (Å²) in [6, 6.07) is 0.420. The van der Waals surface area contributed by atoms with Gasteiger partial charge in [-0.05, 0) is 12.2 Å². The lowest BCUT2D eigenvalue weighted by Gasteiger charge is -2.08. The molecule has 1 aromatic rings. The van der Waals surface area contributed by atoms with E-state index in [1.54, 1.807) is 0 Å². The Bertz CT molecular complexity index is 345. The lowest BCUT2D eigenvalue weighted by Crippen LogP contribution is -2.27. The van der Waals surface area contributed by atoms with Gasteiger partial charge in [0.15, 0.2) is 5.69 Å². The number of rotatable bonds is 3. The maximum Gasteiger partial charge on any atom is 0.434 e. The summed E-state index contributed by atoms with van der Waals surface area (Å²) < 4.78 is 36.8. The van der Waals surface area contributed by atoms with Crippen LogP contribution in [-0.2, 0) is 12.7 Å². The number of thiazole rings is 1. The number of hydrogen-bond acceptors (Lipinski definition) is 4. The predicted molar refractivity (Wildman–Crippen MR) is 59.7 cm³/mol. The van der Waals surface area contributed by atoms with Gasteiger partial charge in [0.05, 0.1) is 0 Å². The van der Waals surface area contributed by atoms with Crippen molar-refractivity contribution in [1.29, 1.82) is 0 Å². The monoisotopic (exact) mass is 268 g/mol. The van der Waals surface area contributed by atoms with E-state index in [1.165, 1.54) is 0 Å². The average Bonchev–Trinajstić information content (AvgIpc) is 2.85. The van der Waals surface area contributed by atoms with Crippen LogP contribution in [0.4, 0.5) is 13.2 Å². The number of hydrogen-bond donors (Lipinski definition) is 1. The van der Waals surface area contributed by atoms with E-state index >= 15 is 0 Å². The summed E-state index contributed by atoms with van der Waals surface area (Å²) >= 11 is 2.93. The van der Waals surface area contributed by atoms with Gasteiger partial charge in [-0.2, -0.15) is 24.9 Å². The van der Waals surface area contributed by atoms with Crippen LogP contribution in [0.3, 0.4) is 0 Å². The Morgan fingerprint density at radius 1 is 1.50 bits per heavy atom. The van der Waals surface area contributed by atoms with Crippen LogP contribution in [-0.4, -0.2) is 22.5 Å². The first-order valence-electron chi connectivity index (χ1n) is 4.88. The molecular formula is C9H11F3N2S2. The lowest BCUT2D eigenvalue weighted by atomic mass is 10.3. The van der Waals surface area contributed by atoms with Gasteiger partial charge in [-0.25, -0.2) is 4.98 Å². The van der Waals surface area contributed by atoms with Gasteiger partial charge in [-0.15, -0.1) is 11.3 Å². The number of aromatic nitrogens is 1. The molecule has 2 rings (SSSR count). The molecule has 0 saturated carbocycles. The predicted octanol–water partition coefficient (Wildman–Crippen LogP) is 2.76. The number of nitrogens with zero attached hydrogens (tertiary/aromatic N) is 1. The summed E-state index contributed by atoms with van der Waals surface area (Å²) in [5.41, 5.74) is -0.782. The molecule has 1 aliphatic rings. The minimum atomic E-state index is -4.32. The molecule has 1 unspecified atom stereocenters. The molecular weight excluding hydrogens is 257 g/mol. The van der Waals surface area contributed by atoms with Crippen molar-refractivity contribution in [2.75, 3.05) is 11.5 Å². The van der Waals surface area contributed by atoms with Crippen LogP contribution in [0.5, 0.6) is 0 Å². The van der Waals surface area contributed by atoms with Crippen molar-refractivity contribution in [3.8, 4) is 0 Å². The van der Waals surface area contributed by atoms with Crippen molar-refractivity contribution in [1.82, 2.24) is 10.3 Å². The van der Waals surface area contributed by atoms with Crippen molar-refractivity contribution in [2.45, 2.75) is 25.2 Å². The molecule has 1 atom stereocenters. The normalized spacial score (nSPS) is 21.6. The highest BCUT2D eigenvalue weighted by Gasteiger charge is 2.33. The van der Waals surface area contributed by atoms with Crippen molar-refractivity contribution >= 4 is 23.1 Å².